The van der Waals surface area contributed by atoms with Crippen molar-refractivity contribution in [2.45, 2.75) is 39.4 Å². The molecule has 36 heavy (non-hydrogen) atoms. The van der Waals surface area contributed by atoms with Crippen molar-refractivity contribution in [1.82, 2.24) is 19.5 Å². The van der Waals surface area contributed by atoms with Gasteiger partial charge in [-0.1, -0.05) is 11.6 Å². The molecule has 8 nitrogen and oxygen atoms in total. The number of nitrogens with zero attached hydrogens (tertiary/aromatic N) is 4. The van der Waals surface area contributed by atoms with Crippen molar-refractivity contribution in [2.24, 2.45) is 0 Å². The number of ether oxygens (including phenoxy) is 3. The molecule has 0 fully saturated rings. The third-order valence-corrected chi connectivity index (χ3v) is 5.38. The van der Waals surface area contributed by atoms with Gasteiger partial charge in [-0.2, -0.15) is 26.9 Å². The third-order valence-electron chi connectivity index (χ3n) is 5.10. The maximum Gasteiger partial charge on any atom is 0.459 e. The molecule has 3 aromatic rings. The van der Waals surface area contributed by atoms with E-state index >= 15 is 0 Å². The number of rotatable bonds is 7. The van der Waals surface area contributed by atoms with Crippen LogP contribution in [0.3, 0.4) is 0 Å². The molecule has 0 N–H and O–H groups in total. The first-order valence-electron chi connectivity index (χ1n) is 10.2. The maximum atomic E-state index is 14.4. The number of hydrogen-bond acceptors (Lipinski definition) is 7. The summed E-state index contributed by atoms with van der Waals surface area (Å²) in [6.07, 6.45) is -5.49. The average Bonchev–Trinajstić information content (AvgIpc) is 2.78. The molecule has 3 rings (SSSR count). The van der Waals surface area contributed by atoms with Crippen LogP contribution in [0.15, 0.2) is 23.3 Å². The Morgan fingerprint density at radius 3 is 2.22 bits per heavy atom. The summed E-state index contributed by atoms with van der Waals surface area (Å²) in [6.45, 7) is 4.28. The molecule has 0 aliphatic rings. The number of methoxy groups -OCH3 is 2. The zero-order chi connectivity index (χ0) is 27.0. The summed E-state index contributed by atoms with van der Waals surface area (Å²) >= 11 is 6.14. The van der Waals surface area contributed by atoms with Crippen LogP contribution in [0.2, 0.25) is 5.02 Å². The molecule has 2 aromatic heterocycles. The molecule has 1 aromatic carbocycles. The largest absolute Gasteiger partial charge is 0.497 e. The molecule has 0 unspecified atom stereocenters. The van der Waals surface area contributed by atoms with Crippen molar-refractivity contribution in [3.63, 3.8) is 0 Å². The van der Waals surface area contributed by atoms with E-state index in [0.717, 1.165) is 4.57 Å². The summed E-state index contributed by atoms with van der Waals surface area (Å²) in [5.41, 5.74) is -2.34. The molecule has 0 saturated heterocycles. The molecule has 0 aliphatic heterocycles. The smallest absolute Gasteiger partial charge is 0.459 e. The Balaban J connectivity index is 2.23. The Bertz CT molecular complexity index is 1340. The Labute approximate surface area is 206 Å². The monoisotopic (exact) mass is 534 g/mol. The lowest BCUT2D eigenvalue weighted by Crippen LogP contribution is -2.37. The molecule has 2 heterocycles. The summed E-state index contributed by atoms with van der Waals surface area (Å²) in [5.74, 6) is -6.44. The third kappa shape index (κ3) is 5.06. The van der Waals surface area contributed by atoms with Crippen LogP contribution < -0.4 is 19.8 Å². The van der Waals surface area contributed by atoms with E-state index in [1.807, 2.05) is 0 Å². The highest BCUT2D eigenvalue weighted by molar-refractivity contribution is 6.32. The molecule has 0 bridgehead atoms. The summed E-state index contributed by atoms with van der Waals surface area (Å²) in [5, 5.41) is -0.188. The molecule has 194 valence electrons. The Kier molecular flexibility index (Phi) is 7.44. The fraction of sp³-hybridized carbons (Fsp3) is 0.364. The Morgan fingerprint density at radius 2 is 1.67 bits per heavy atom. The zero-order valence-corrected chi connectivity index (χ0v) is 20.4. The van der Waals surface area contributed by atoms with Crippen molar-refractivity contribution in [1.29, 1.82) is 0 Å². The minimum atomic E-state index is -6.06. The van der Waals surface area contributed by atoms with Crippen LogP contribution in [0.4, 0.5) is 22.0 Å². The van der Waals surface area contributed by atoms with Crippen LogP contribution in [-0.4, -0.2) is 39.9 Å². The molecular weight excluding hydrogens is 515 g/mol. The number of alkyl halides is 5. The molecule has 0 saturated carbocycles. The number of hydrogen-bond donors (Lipinski definition) is 0. The van der Waals surface area contributed by atoms with Crippen LogP contribution >= 0.6 is 11.6 Å². The SMILES string of the molecule is COc1cc(C)c(Oc2c(C(F)(F)C(F)(F)F)ncn(Cc3c(C)nc(C)nc3OC)c2=O)c(Cl)c1. The quantitative estimate of drug-likeness (QED) is 0.389. The van der Waals surface area contributed by atoms with Gasteiger partial charge in [0, 0.05) is 11.8 Å². The van der Waals surface area contributed by atoms with E-state index in [1.165, 1.54) is 33.3 Å². The second-order valence-electron chi connectivity index (χ2n) is 7.63. The molecule has 0 radical (unpaired) electrons. The molecular formula is C22H20ClF5N4O4. The number of halogens is 6. The van der Waals surface area contributed by atoms with Gasteiger partial charge in [-0.15, -0.1) is 0 Å². The van der Waals surface area contributed by atoms with Crippen molar-refractivity contribution in [3.05, 3.63) is 62.2 Å². The van der Waals surface area contributed by atoms with Gasteiger partial charge < -0.3 is 14.2 Å². The highest BCUT2D eigenvalue weighted by Crippen LogP contribution is 2.46. The highest BCUT2D eigenvalue weighted by atomic mass is 35.5. The predicted molar refractivity (Wildman–Crippen MR) is 118 cm³/mol. The predicted octanol–water partition coefficient (Wildman–Crippen LogP) is 5.12. The van der Waals surface area contributed by atoms with Gasteiger partial charge in [0.05, 0.1) is 37.7 Å². The number of aryl methyl sites for hydroxylation is 3. The maximum absolute atomic E-state index is 14.4. The number of aromatic nitrogens is 4. The summed E-state index contributed by atoms with van der Waals surface area (Å²) < 4.78 is 84.9. The van der Waals surface area contributed by atoms with E-state index in [1.54, 1.807) is 13.8 Å². The highest BCUT2D eigenvalue weighted by Gasteiger charge is 2.62. The van der Waals surface area contributed by atoms with Crippen molar-refractivity contribution in [2.75, 3.05) is 14.2 Å². The lowest BCUT2D eigenvalue weighted by atomic mass is 10.1. The van der Waals surface area contributed by atoms with Gasteiger partial charge in [-0.05, 0) is 32.4 Å². The minimum absolute atomic E-state index is 0.0908. The van der Waals surface area contributed by atoms with Gasteiger partial charge in [0.2, 0.25) is 11.6 Å². The first-order chi connectivity index (χ1) is 16.7. The molecule has 14 heteroatoms. The fourth-order valence-electron chi connectivity index (χ4n) is 3.31. The zero-order valence-electron chi connectivity index (χ0n) is 19.6. The average molecular weight is 535 g/mol. The van der Waals surface area contributed by atoms with Gasteiger partial charge in [0.25, 0.3) is 5.56 Å². The topological polar surface area (TPSA) is 88.4 Å². The van der Waals surface area contributed by atoms with Crippen LogP contribution in [0.5, 0.6) is 23.1 Å². The number of benzene rings is 1. The first-order valence-corrected chi connectivity index (χ1v) is 10.5. The van der Waals surface area contributed by atoms with E-state index < -0.39 is 29.1 Å². The molecule has 0 amide bonds. The van der Waals surface area contributed by atoms with E-state index in [0.29, 0.717) is 17.8 Å². The fourth-order valence-corrected chi connectivity index (χ4v) is 3.60. The van der Waals surface area contributed by atoms with E-state index in [-0.39, 0.29) is 40.1 Å². The van der Waals surface area contributed by atoms with Gasteiger partial charge in [-0.3, -0.25) is 9.36 Å². The van der Waals surface area contributed by atoms with Crippen LogP contribution in [0, 0.1) is 20.8 Å². The van der Waals surface area contributed by atoms with Crippen LogP contribution in [0.1, 0.15) is 28.3 Å². The summed E-state index contributed by atoms with van der Waals surface area (Å²) in [4.78, 5) is 24.8. The van der Waals surface area contributed by atoms with Crippen molar-refractivity contribution >= 4 is 11.6 Å². The lowest BCUT2D eigenvalue weighted by molar-refractivity contribution is -0.291. The lowest BCUT2D eigenvalue weighted by Gasteiger charge is -2.22. The van der Waals surface area contributed by atoms with Gasteiger partial charge in [-0.25, -0.2) is 9.97 Å². The van der Waals surface area contributed by atoms with Crippen molar-refractivity contribution in [3.8, 4) is 23.1 Å². The molecule has 0 atom stereocenters. The Hall–Kier alpha value is -3.48. The summed E-state index contributed by atoms with van der Waals surface area (Å²) in [6, 6.07) is 2.65. The van der Waals surface area contributed by atoms with Gasteiger partial charge in [0.15, 0.2) is 5.69 Å². The van der Waals surface area contributed by atoms with Gasteiger partial charge >= 0.3 is 12.1 Å². The van der Waals surface area contributed by atoms with E-state index in [9.17, 15) is 26.7 Å². The first kappa shape index (κ1) is 27.1. The Morgan fingerprint density at radius 1 is 1.00 bits per heavy atom. The second kappa shape index (κ2) is 9.88. The standard InChI is InChI=1S/C22H20ClF5N4O4/c1-10-6-13(34-4)7-15(23)16(10)36-17-18(21(24,25)22(26,27)28)29-9-32(20(17)33)8-14-11(2)30-12(3)31-19(14)35-5/h6-7,9H,8H2,1-5H3. The van der Waals surface area contributed by atoms with E-state index in [4.69, 9.17) is 25.8 Å². The molecule has 0 aliphatic carbocycles. The van der Waals surface area contributed by atoms with Crippen LogP contribution in [0.25, 0.3) is 0 Å². The summed E-state index contributed by atoms with van der Waals surface area (Å²) in [7, 11) is 2.67. The van der Waals surface area contributed by atoms with E-state index in [2.05, 4.69) is 15.0 Å². The van der Waals surface area contributed by atoms with Gasteiger partial charge in [0.1, 0.15) is 17.3 Å². The second-order valence-corrected chi connectivity index (χ2v) is 8.04. The normalized spacial score (nSPS) is 12.0. The minimum Gasteiger partial charge on any atom is -0.497 e. The molecule has 0 spiro atoms. The van der Waals surface area contributed by atoms with Crippen LogP contribution in [-0.2, 0) is 12.5 Å². The van der Waals surface area contributed by atoms with Crippen molar-refractivity contribution < 1.29 is 36.2 Å².